The van der Waals surface area contributed by atoms with Gasteiger partial charge in [0.15, 0.2) is 0 Å². The topological polar surface area (TPSA) is 43.1 Å². The van der Waals surface area contributed by atoms with Crippen LogP contribution < -0.4 is 5.73 Å². The molecular weight excluding hydrogens is 278 g/mol. The average molecular weight is 308 g/mol. The summed E-state index contributed by atoms with van der Waals surface area (Å²) in [7, 11) is -0.971. The van der Waals surface area contributed by atoms with Crippen LogP contribution in [-0.2, 0) is 10.8 Å². The van der Waals surface area contributed by atoms with Gasteiger partial charge in [-0.2, -0.15) is 0 Å². The number of hydrogen-bond acceptors (Lipinski definition) is 2. The Morgan fingerprint density at radius 1 is 1.24 bits per heavy atom. The molecule has 0 amide bonds. The van der Waals surface area contributed by atoms with Crippen molar-refractivity contribution >= 4 is 10.8 Å². The molecule has 1 saturated carbocycles. The summed E-state index contributed by atoms with van der Waals surface area (Å²) in [6.07, 6.45) is 5.70. The van der Waals surface area contributed by atoms with Crippen LogP contribution in [0.3, 0.4) is 0 Å². The van der Waals surface area contributed by atoms with Crippen LogP contribution in [-0.4, -0.2) is 15.5 Å². The van der Waals surface area contributed by atoms with E-state index in [0.717, 1.165) is 17.7 Å². The third kappa shape index (κ3) is 4.17. The maximum atomic E-state index is 12.9. The van der Waals surface area contributed by atoms with Crippen LogP contribution in [0, 0.1) is 5.92 Å². The van der Waals surface area contributed by atoms with Crippen molar-refractivity contribution in [3.63, 3.8) is 0 Å². The standard InChI is InChI=1S/C18H29NOS/c1-4-5-14-6-11-17(19)18(12-14)21(20)16-9-7-15(8-10-16)13(2)3/h7-10,13-14,17-18H,4-6,11-12,19H2,1-3H3. The van der Waals surface area contributed by atoms with Crippen molar-refractivity contribution in [3.8, 4) is 0 Å². The van der Waals surface area contributed by atoms with Crippen molar-refractivity contribution < 1.29 is 4.21 Å². The molecule has 0 bridgehead atoms. The molecular formula is C18H29NOS. The van der Waals surface area contributed by atoms with E-state index in [4.69, 9.17) is 5.73 Å². The highest BCUT2D eigenvalue weighted by Crippen LogP contribution is 2.32. The van der Waals surface area contributed by atoms with Crippen LogP contribution in [0.4, 0.5) is 0 Å². The van der Waals surface area contributed by atoms with E-state index in [1.54, 1.807) is 0 Å². The van der Waals surface area contributed by atoms with Crippen LogP contribution in [0.15, 0.2) is 29.2 Å². The minimum atomic E-state index is -0.971. The van der Waals surface area contributed by atoms with Crippen LogP contribution in [0.2, 0.25) is 0 Å². The van der Waals surface area contributed by atoms with E-state index in [2.05, 4.69) is 32.9 Å². The van der Waals surface area contributed by atoms with Crippen LogP contribution >= 0.6 is 0 Å². The Bertz CT molecular complexity index is 469. The Kier molecular flexibility index (Phi) is 6.00. The molecule has 3 heteroatoms. The van der Waals surface area contributed by atoms with Gasteiger partial charge in [0, 0.05) is 10.9 Å². The summed E-state index contributed by atoms with van der Waals surface area (Å²) in [5.74, 6) is 1.22. The molecule has 118 valence electrons. The Morgan fingerprint density at radius 3 is 2.48 bits per heavy atom. The van der Waals surface area contributed by atoms with E-state index in [-0.39, 0.29) is 11.3 Å². The first kappa shape index (κ1) is 16.7. The van der Waals surface area contributed by atoms with Gasteiger partial charge in [-0.05, 0) is 48.8 Å². The summed E-state index contributed by atoms with van der Waals surface area (Å²) >= 11 is 0. The van der Waals surface area contributed by atoms with E-state index in [1.807, 2.05) is 12.1 Å². The lowest BCUT2D eigenvalue weighted by Crippen LogP contribution is -2.43. The van der Waals surface area contributed by atoms with Gasteiger partial charge in [0.25, 0.3) is 0 Å². The van der Waals surface area contributed by atoms with Gasteiger partial charge in [0.05, 0.1) is 16.0 Å². The highest BCUT2D eigenvalue weighted by atomic mass is 32.2. The fraction of sp³-hybridized carbons (Fsp3) is 0.667. The van der Waals surface area contributed by atoms with Crippen molar-refractivity contribution in [3.05, 3.63) is 29.8 Å². The molecule has 1 aliphatic carbocycles. The van der Waals surface area contributed by atoms with Crippen LogP contribution in [0.1, 0.15) is 64.4 Å². The second-order valence-electron chi connectivity index (χ2n) is 6.69. The molecule has 4 atom stereocenters. The molecule has 1 aliphatic rings. The molecule has 0 saturated heterocycles. The Labute approximate surface area is 132 Å². The SMILES string of the molecule is CCCC1CCC(N)C(S(=O)c2ccc(C(C)C)cc2)C1. The van der Waals surface area contributed by atoms with Gasteiger partial charge in [-0.15, -0.1) is 0 Å². The molecule has 0 aliphatic heterocycles. The summed E-state index contributed by atoms with van der Waals surface area (Å²) in [5, 5.41) is 0.125. The molecule has 1 fully saturated rings. The molecule has 0 radical (unpaired) electrons. The number of rotatable bonds is 5. The lowest BCUT2D eigenvalue weighted by atomic mass is 9.83. The molecule has 2 rings (SSSR count). The lowest BCUT2D eigenvalue weighted by Gasteiger charge is -2.33. The molecule has 0 heterocycles. The normalized spacial score (nSPS) is 27.8. The average Bonchev–Trinajstić information content (AvgIpc) is 2.49. The summed E-state index contributed by atoms with van der Waals surface area (Å²) < 4.78 is 12.9. The van der Waals surface area contributed by atoms with Gasteiger partial charge in [-0.3, -0.25) is 4.21 Å². The minimum Gasteiger partial charge on any atom is -0.327 e. The maximum absolute atomic E-state index is 12.9. The Hall–Kier alpha value is -0.670. The smallest absolute Gasteiger partial charge is 0.0576 e. The first-order valence-corrected chi connectivity index (χ1v) is 9.50. The van der Waals surface area contributed by atoms with Crippen molar-refractivity contribution in [1.29, 1.82) is 0 Å². The second-order valence-corrected chi connectivity index (χ2v) is 8.36. The van der Waals surface area contributed by atoms with Gasteiger partial charge in [-0.25, -0.2) is 0 Å². The molecule has 2 nitrogen and oxygen atoms in total. The van der Waals surface area contributed by atoms with Gasteiger partial charge < -0.3 is 5.73 Å². The second kappa shape index (κ2) is 7.55. The van der Waals surface area contributed by atoms with Crippen molar-refractivity contribution in [1.82, 2.24) is 0 Å². The van der Waals surface area contributed by atoms with E-state index in [9.17, 15) is 4.21 Å². The molecule has 1 aromatic rings. The monoisotopic (exact) mass is 307 g/mol. The number of benzene rings is 1. The fourth-order valence-corrected chi connectivity index (χ4v) is 4.97. The maximum Gasteiger partial charge on any atom is 0.0576 e. The van der Waals surface area contributed by atoms with Crippen LogP contribution in [0.5, 0.6) is 0 Å². The zero-order valence-electron chi connectivity index (χ0n) is 13.5. The number of nitrogens with two attached hydrogens (primary N) is 1. The first-order chi connectivity index (χ1) is 10.0. The minimum absolute atomic E-state index is 0.0868. The number of hydrogen-bond donors (Lipinski definition) is 1. The largest absolute Gasteiger partial charge is 0.327 e. The van der Waals surface area contributed by atoms with Gasteiger partial charge in [-0.1, -0.05) is 45.7 Å². The molecule has 2 N–H and O–H groups in total. The quantitative estimate of drug-likeness (QED) is 0.885. The zero-order chi connectivity index (χ0) is 15.4. The van der Waals surface area contributed by atoms with E-state index >= 15 is 0 Å². The summed E-state index contributed by atoms with van der Waals surface area (Å²) in [6.45, 7) is 6.59. The fourth-order valence-electron chi connectivity index (χ4n) is 3.31. The zero-order valence-corrected chi connectivity index (χ0v) is 14.4. The van der Waals surface area contributed by atoms with Gasteiger partial charge in [0.2, 0.25) is 0 Å². The molecule has 21 heavy (non-hydrogen) atoms. The third-order valence-corrected chi connectivity index (χ3v) is 6.53. The summed E-state index contributed by atoms with van der Waals surface area (Å²) in [5.41, 5.74) is 7.56. The van der Waals surface area contributed by atoms with Gasteiger partial charge in [0.1, 0.15) is 0 Å². The predicted octanol–water partition coefficient (Wildman–Crippen LogP) is 4.21. The lowest BCUT2D eigenvalue weighted by molar-refractivity contribution is 0.313. The van der Waals surface area contributed by atoms with Gasteiger partial charge >= 0.3 is 0 Å². The predicted molar refractivity (Wildman–Crippen MR) is 91.0 cm³/mol. The Balaban J connectivity index is 2.10. The van der Waals surface area contributed by atoms with Crippen molar-refractivity contribution in [2.45, 2.75) is 75.0 Å². The molecule has 0 aromatic heterocycles. The van der Waals surface area contributed by atoms with E-state index in [0.29, 0.717) is 11.8 Å². The highest BCUT2D eigenvalue weighted by molar-refractivity contribution is 7.85. The van der Waals surface area contributed by atoms with E-state index in [1.165, 1.54) is 24.8 Å². The van der Waals surface area contributed by atoms with Crippen LogP contribution in [0.25, 0.3) is 0 Å². The highest BCUT2D eigenvalue weighted by Gasteiger charge is 2.32. The van der Waals surface area contributed by atoms with E-state index < -0.39 is 10.8 Å². The van der Waals surface area contributed by atoms with Crippen molar-refractivity contribution in [2.75, 3.05) is 0 Å². The molecule has 4 unspecified atom stereocenters. The first-order valence-electron chi connectivity index (χ1n) is 8.29. The summed E-state index contributed by atoms with van der Waals surface area (Å²) in [6, 6.07) is 8.36. The Morgan fingerprint density at radius 2 is 1.90 bits per heavy atom. The summed E-state index contributed by atoms with van der Waals surface area (Å²) in [4.78, 5) is 0.942. The molecule has 1 aromatic carbocycles. The van der Waals surface area contributed by atoms with Crippen molar-refractivity contribution in [2.24, 2.45) is 11.7 Å². The molecule has 0 spiro atoms. The third-order valence-electron chi connectivity index (χ3n) is 4.70.